The summed E-state index contributed by atoms with van der Waals surface area (Å²) in [7, 11) is 1.70. The van der Waals surface area contributed by atoms with E-state index in [1.165, 1.54) is 45.3 Å². The van der Waals surface area contributed by atoms with Gasteiger partial charge in [-0.2, -0.15) is 0 Å². The molecule has 0 unspecified atom stereocenters. The molecule has 39 heavy (non-hydrogen) atoms. The number of fused-ring (bicyclic) bond motifs is 1. The first-order valence-corrected chi connectivity index (χ1v) is 14.8. The van der Waals surface area contributed by atoms with E-state index in [1.54, 1.807) is 7.11 Å². The Kier molecular flexibility index (Phi) is 9.92. The predicted octanol–water partition coefficient (Wildman–Crippen LogP) is 5.32. The van der Waals surface area contributed by atoms with Gasteiger partial charge in [-0.25, -0.2) is 0 Å². The van der Waals surface area contributed by atoms with Crippen LogP contribution in [-0.4, -0.2) is 86.3 Å². The van der Waals surface area contributed by atoms with Crippen molar-refractivity contribution >= 4 is 16.8 Å². The predicted molar refractivity (Wildman–Crippen MR) is 158 cm³/mol. The highest BCUT2D eigenvalue weighted by molar-refractivity contribution is 6.03. The number of aromatic amines is 1. The molecule has 2 aromatic carbocycles. The molecule has 2 aliphatic rings. The molecule has 2 saturated heterocycles. The molecule has 3 aromatic rings. The van der Waals surface area contributed by atoms with Gasteiger partial charge in [0.2, 0.25) is 0 Å². The zero-order chi connectivity index (χ0) is 26.9. The number of methoxy groups -OCH3 is 1. The number of hydrogen-bond donors (Lipinski definition) is 2. The molecule has 3 heterocycles. The van der Waals surface area contributed by atoms with Crippen LogP contribution >= 0.6 is 0 Å². The summed E-state index contributed by atoms with van der Waals surface area (Å²) in [4.78, 5) is 21.8. The molecule has 210 valence electrons. The minimum absolute atomic E-state index is 0.0182. The minimum Gasteiger partial charge on any atom is -0.493 e. The number of nitrogens with one attached hydrogen (secondary N) is 2. The molecular weight excluding hydrogens is 488 g/mol. The number of likely N-dealkylation sites (tertiary alicyclic amines) is 2. The van der Waals surface area contributed by atoms with E-state index in [2.05, 4.69) is 38.3 Å². The van der Waals surface area contributed by atoms with Crippen molar-refractivity contribution in [3.05, 3.63) is 54.2 Å². The van der Waals surface area contributed by atoms with Crippen LogP contribution in [0.1, 0.15) is 55.4 Å². The Balaban J connectivity index is 1.16. The van der Waals surface area contributed by atoms with E-state index in [0.29, 0.717) is 18.9 Å². The van der Waals surface area contributed by atoms with Crippen LogP contribution < -0.4 is 10.1 Å². The maximum atomic E-state index is 13.2. The van der Waals surface area contributed by atoms with Crippen molar-refractivity contribution in [3.8, 4) is 16.9 Å². The van der Waals surface area contributed by atoms with Crippen LogP contribution in [0.2, 0.25) is 0 Å². The summed E-state index contributed by atoms with van der Waals surface area (Å²) in [5.41, 5.74) is 3.74. The molecule has 0 spiro atoms. The highest BCUT2D eigenvalue weighted by Crippen LogP contribution is 2.31. The first kappa shape index (κ1) is 27.7. The third-order valence-corrected chi connectivity index (χ3v) is 8.17. The third kappa shape index (κ3) is 7.62. The molecular formula is C32H44N4O3. The molecule has 7 heteroatoms. The van der Waals surface area contributed by atoms with Crippen LogP contribution in [0.3, 0.4) is 0 Å². The molecule has 2 fully saturated rings. The maximum Gasteiger partial charge on any atom is 0.267 e. The largest absolute Gasteiger partial charge is 0.493 e. The summed E-state index contributed by atoms with van der Waals surface area (Å²) < 4.78 is 11.0. The second kappa shape index (κ2) is 14.0. The lowest BCUT2D eigenvalue weighted by Crippen LogP contribution is -2.46. The number of hydrogen-bond acceptors (Lipinski definition) is 5. The van der Waals surface area contributed by atoms with Crippen molar-refractivity contribution in [3.63, 3.8) is 0 Å². The number of nitrogens with zero attached hydrogens (tertiary/aromatic N) is 2. The molecule has 2 aliphatic heterocycles. The number of carbonyl (C=O) groups is 1. The van der Waals surface area contributed by atoms with Crippen LogP contribution in [0.25, 0.3) is 22.0 Å². The van der Waals surface area contributed by atoms with Crippen LogP contribution in [0.5, 0.6) is 5.75 Å². The average Bonchev–Trinajstić information content (AvgIpc) is 3.24. The lowest BCUT2D eigenvalue weighted by molar-refractivity contribution is 0.0902. The first-order valence-electron chi connectivity index (χ1n) is 14.8. The topological polar surface area (TPSA) is 69.8 Å². The number of H-pyrrole nitrogens is 1. The van der Waals surface area contributed by atoms with Gasteiger partial charge in [-0.15, -0.1) is 0 Å². The van der Waals surface area contributed by atoms with E-state index in [0.717, 1.165) is 66.7 Å². The fraction of sp³-hybridized carbons (Fsp3) is 0.531. The molecule has 0 aliphatic carbocycles. The second-order valence-corrected chi connectivity index (χ2v) is 11.0. The summed E-state index contributed by atoms with van der Waals surface area (Å²) in [6, 6.07) is 16.5. The lowest BCUT2D eigenvalue weighted by Gasteiger charge is -2.33. The highest BCUT2D eigenvalue weighted by atomic mass is 16.5. The number of benzene rings is 2. The Morgan fingerprint density at radius 1 is 0.923 bits per heavy atom. The standard InChI is InChI=1S/C32H44N4O3/c1-38-21-8-22-39-27-10-6-9-25(23-27)28-11-7-12-30-29(28)24-31(34-30)32(37)33-26-13-17-36(18-14-26)20-19-35-15-4-2-3-5-16-35/h6-7,9-12,23-24,26,34H,2-5,8,13-22H2,1H3,(H,33,37). The van der Waals surface area contributed by atoms with E-state index in [4.69, 9.17) is 9.47 Å². The van der Waals surface area contributed by atoms with Crippen molar-refractivity contribution < 1.29 is 14.3 Å². The molecule has 0 saturated carbocycles. The van der Waals surface area contributed by atoms with Gasteiger partial charge in [0.15, 0.2) is 0 Å². The summed E-state index contributed by atoms with van der Waals surface area (Å²) >= 11 is 0. The molecule has 1 amide bonds. The molecule has 0 bridgehead atoms. The SMILES string of the molecule is COCCCOc1cccc(-c2cccc3[nH]c(C(=O)NC4CCN(CCN5CCCCCC5)CC4)cc23)c1. The minimum atomic E-state index is -0.0182. The monoisotopic (exact) mass is 532 g/mol. The van der Waals surface area contributed by atoms with E-state index in [-0.39, 0.29) is 11.9 Å². The van der Waals surface area contributed by atoms with Gasteiger partial charge < -0.3 is 29.6 Å². The number of ether oxygens (including phenoxy) is 2. The summed E-state index contributed by atoms with van der Waals surface area (Å²) in [6.07, 6.45) is 8.33. The molecule has 0 atom stereocenters. The third-order valence-electron chi connectivity index (χ3n) is 8.17. The number of rotatable bonds is 11. The average molecular weight is 533 g/mol. The van der Waals surface area contributed by atoms with Gasteiger partial charge in [0.25, 0.3) is 5.91 Å². The number of carbonyl (C=O) groups excluding carboxylic acids is 1. The Labute approximate surface area is 232 Å². The van der Waals surface area contributed by atoms with Crippen LogP contribution in [-0.2, 0) is 4.74 Å². The van der Waals surface area contributed by atoms with Crippen LogP contribution in [0.4, 0.5) is 0 Å². The van der Waals surface area contributed by atoms with Gasteiger partial charge in [-0.05, 0) is 74.2 Å². The van der Waals surface area contributed by atoms with Crippen molar-refractivity contribution in [2.75, 3.05) is 59.6 Å². The number of piperidine rings is 1. The Morgan fingerprint density at radius 3 is 2.44 bits per heavy atom. The van der Waals surface area contributed by atoms with Gasteiger partial charge in [0.05, 0.1) is 6.61 Å². The van der Waals surface area contributed by atoms with Crippen LogP contribution in [0, 0.1) is 0 Å². The van der Waals surface area contributed by atoms with E-state index < -0.39 is 0 Å². The van der Waals surface area contributed by atoms with Crippen molar-refractivity contribution in [1.82, 2.24) is 20.1 Å². The van der Waals surface area contributed by atoms with Crippen molar-refractivity contribution in [2.45, 2.75) is 51.0 Å². The molecule has 1 aromatic heterocycles. The number of amides is 1. The van der Waals surface area contributed by atoms with E-state index in [1.807, 2.05) is 30.3 Å². The fourth-order valence-electron chi connectivity index (χ4n) is 5.88. The maximum absolute atomic E-state index is 13.2. The first-order chi connectivity index (χ1) is 19.2. The molecule has 7 nitrogen and oxygen atoms in total. The highest BCUT2D eigenvalue weighted by Gasteiger charge is 2.23. The van der Waals surface area contributed by atoms with Gasteiger partial charge in [0, 0.05) is 63.3 Å². The lowest BCUT2D eigenvalue weighted by atomic mass is 10.0. The molecule has 2 N–H and O–H groups in total. The molecule has 5 rings (SSSR count). The summed E-state index contributed by atoms with van der Waals surface area (Å²) in [5.74, 6) is 0.822. The zero-order valence-electron chi connectivity index (χ0n) is 23.4. The zero-order valence-corrected chi connectivity index (χ0v) is 23.4. The van der Waals surface area contributed by atoms with Crippen molar-refractivity contribution in [1.29, 1.82) is 0 Å². The van der Waals surface area contributed by atoms with Crippen molar-refractivity contribution in [2.24, 2.45) is 0 Å². The smallest absolute Gasteiger partial charge is 0.267 e. The second-order valence-electron chi connectivity index (χ2n) is 11.0. The Hall–Kier alpha value is -2.87. The van der Waals surface area contributed by atoms with Gasteiger partial charge in [-0.3, -0.25) is 4.79 Å². The fourth-order valence-corrected chi connectivity index (χ4v) is 5.88. The van der Waals surface area contributed by atoms with Gasteiger partial charge in [-0.1, -0.05) is 37.1 Å². The van der Waals surface area contributed by atoms with E-state index >= 15 is 0 Å². The van der Waals surface area contributed by atoms with E-state index in [9.17, 15) is 4.79 Å². The Bertz CT molecular complexity index is 1190. The quantitative estimate of drug-likeness (QED) is 0.327. The summed E-state index contributed by atoms with van der Waals surface area (Å²) in [6.45, 7) is 8.25. The van der Waals surface area contributed by atoms with Crippen LogP contribution in [0.15, 0.2) is 48.5 Å². The summed E-state index contributed by atoms with van der Waals surface area (Å²) in [5, 5.41) is 4.34. The molecule has 0 radical (unpaired) electrons. The Morgan fingerprint density at radius 2 is 1.67 bits per heavy atom. The normalized spacial score (nSPS) is 17.8. The number of aromatic nitrogens is 1. The van der Waals surface area contributed by atoms with Gasteiger partial charge in [0.1, 0.15) is 11.4 Å². The van der Waals surface area contributed by atoms with Gasteiger partial charge >= 0.3 is 0 Å².